The lowest BCUT2D eigenvalue weighted by atomic mass is 10.0. The summed E-state index contributed by atoms with van der Waals surface area (Å²) in [7, 11) is 1.34. The van der Waals surface area contributed by atoms with Gasteiger partial charge in [0.15, 0.2) is 0 Å². The Labute approximate surface area is 114 Å². The third-order valence-corrected chi connectivity index (χ3v) is 3.25. The molecule has 0 aliphatic carbocycles. The fourth-order valence-corrected chi connectivity index (χ4v) is 2.35. The Balaban J connectivity index is 2.55. The first-order valence-corrected chi connectivity index (χ1v) is 6.00. The highest BCUT2D eigenvalue weighted by Crippen LogP contribution is 2.31. The number of hydrogen-bond acceptors (Lipinski definition) is 4. The summed E-state index contributed by atoms with van der Waals surface area (Å²) >= 11 is 6.15. The highest BCUT2D eigenvalue weighted by Gasteiger charge is 2.16. The minimum atomic E-state index is -0.439. The molecule has 0 atom stereocenters. The number of carbonyl (C=O) groups is 1. The minimum absolute atomic E-state index is 0.326. The summed E-state index contributed by atoms with van der Waals surface area (Å²) in [4.78, 5) is 20.2. The molecule has 0 fully saturated rings. The van der Waals surface area contributed by atoms with Gasteiger partial charge in [0.1, 0.15) is 5.15 Å². The van der Waals surface area contributed by atoms with Crippen molar-refractivity contribution in [2.24, 2.45) is 0 Å². The molecule has 0 N–H and O–H groups in total. The largest absolute Gasteiger partial charge is 0.465 e. The van der Waals surface area contributed by atoms with Gasteiger partial charge in [-0.05, 0) is 6.07 Å². The Bertz CT molecular complexity index is 802. The zero-order valence-corrected chi connectivity index (χ0v) is 10.8. The van der Waals surface area contributed by atoms with E-state index in [-0.39, 0.29) is 0 Å². The normalized spacial score (nSPS) is 10.8. The van der Waals surface area contributed by atoms with Gasteiger partial charge in [-0.3, -0.25) is 4.98 Å². The van der Waals surface area contributed by atoms with Crippen LogP contribution in [-0.4, -0.2) is 23.0 Å². The second-order valence-corrected chi connectivity index (χ2v) is 4.38. The van der Waals surface area contributed by atoms with Gasteiger partial charge in [-0.25, -0.2) is 9.78 Å². The van der Waals surface area contributed by atoms with Crippen molar-refractivity contribution in [3.8, 4) is 0 Å². The van der Waals surface area contributed by atoms with Crippen LogP contribution >= 0.6 is 11.6 Å². The molecule has 94 valence electrons. The van der Waals surface area contributed by atoms with Crippen LogP contribution in [0.25, 0.3) is 21.7 Å². The van der Waals surface area contributed by atoms with Crippen molar-refractivity contribution in [3.63, 3.8) is 0 Å². The number of ether oxygens (including phenoxy) is 1. The lowest BCUT2D eigenvalue weighted by Crippen LogP contribution is -2.03. The number of fused-ring (bicyclic) bond motifs is 3. The molecule has 0 aliphatic rings. The van der Waals surface area contributed by atoms with E-state index in [9.17, 15) is 4.79 Å². The summed E-state index contributed by atoms with van der Waals surface area (Å²) in [5.41, 5.74) is 1.12. The molecule has 2 aromatic heterocycles. The number of pyridine rings is 2. The predicted molar refractivity (Wildman–Crippen MR) is 73.4 cm³/mol. The van der Waals surface area contributed by atoms with Crippen LogP contribution in [0.2, 0.25) is 5.15 Å². The van der Waals surface area contributed by atoms with E-state index in [1.807, 2.05) is 24.3 Å². The zero-order valence-electron chi connectivity index (χ0n) is 10.1. The number of para-hydroxylation sites is 1. The molecule has 5 heteroatoms. The lowest BCUT2D eigenvalue weighted by Gasteiger charge is -2.08. The van der Waals surface area contributed by atoms with Crippen LogP contribution in [-0.2, 0) is 4.74 Å². The van der Waals surface area contributed by atoms with Gasteiger partial charge >= 0.3 is 5.97 Å². The molecule has 0 amide bonds. The van der Waals surface area contributed by atoms with Crippen molar-refractivity contribution in [1.82, 2.24) is 9.97 Å². The van der Waals surface area contributed by atoms with Crippen LogP contribution in [0, 0.1) is 0 Å². The Morgan fingerprint density at radius 3 is 2.79 bits per heavy atom. The maximum Gasteiger partial charge on any atom is 0.340 e. The Kier molecular flexibility index (Phi) is 2.80. The van der Waals surface area contributed by atoms with Crippen LogP contribution in [0.1, 0.15) is 10.4 Å². The van der Waals surface area contributed by atoms with Gasteiger partial charge in [0.25, 0.3) is 0 Å². The molecule has 3 aromatic rings. The number of aromatic nitrogens is 2. The third kappa shape index (κ3) is 1.81. The molecule has 19 heavy (non-hydrogen) atoms. The van der Waals surface area contributed by atoms with Crippen molar-refractivity contribution in [2.75, 3.05) is 7.11 Å². The number of esters is 1. The van der Waals surface area contributed by atoms with E-state index in [0.717, 1.165) is 16.3 Å². The Morgan fingerprint density at radius 2 is 2.00 bits per heavy atom. The van der Waals surface area contributed by atoms with Gasteiger partial charge in [-0.1, -0.05) is 29.8 Å². The van der Waals surface area contributed by atoms with Crippen LogP contribution in [0.5, 0.6) is 0 Å². The fraction of sp³-hybridized carbons (Fsp3) is 0.0714. The molecule has 0 spiro atoms. The molecule has 0 saturated carbocycles. The number of nitrogens with zero attached hydrogens (tertiary/aromatic N) is 2. The van der Waals surface area contributed by atoms with E-state index in [1.165, 1.54) is 13.3 Å². The number of methoxy groups -OCH3 is 1. The van der Waals surface area contributed by atoms with Gasteiger partial charge in [0, 0.05) is 28.6 Å². The molecule has 0 saturated heterocycles. The average molecular weight is 273 g/mol. The van der Waals surface area contributed by atoms with Crippen molar-refractivity contribution in [1.29, 1.82) is 0 Å². The molecule has 0 bridgehead atoms. The quantitative estimate of drug-likeness (QED) is 0.388. The summed E-state index contributed by atoms with van der Waals surface area (Å²) in [6.07, 6.45) is 3.08. The van der Waals surface area contributed by atoms with Gasteiger partial charge in [0.2, 0.25) is 0 Å². The van der Waals surface area contributed by atoms with E-state index >= 15 is 0 Å². The second kappa shape index (κ2) is 4.48. The summed E-state index contributed by atoms with van der Waals surface area (Å²) in [5.74, 6) is -0.439. The molecular weight excluding hydrogens is 264 g/mol. The molecule has 0 aliphatic heterocycles. The first-order chi connectivity index (χ1) is 9.22. The topological polar surface area (TPSA) is 52.1 Å². The number of halogens is 1. The number of rotatable bonds is 1. The molecule has 0 unspecified atom stereocenters. The maximum absolute atomic E-state index is 11.9. The molecule has 2 heterocycles. The van der Waals surface area contributed by atoms with Crippen LogP contribution < -0.4 is 0 Å². The van der Waals surface area contributed by atoms with E-state index in [1.54, 1.807) is 6.20 Å². The zero-order chi connectivity index (χ0) is 13.4. The predicted octanol–water partition coefficient (Wildman–Crippen LogP) is 3.22. The van der Waals surface area contributed by atoms with Gasteiger partial charge in [0.05, 0.1) is 18.2 Å². The molecule has 1 aromatic carbocycles. The van der Waals surface area contributed by atoms with Crippen molar-refractivity contribution in [3.05, 3.63) is 47.4 Å². The van der Waals surface area contributed by atoms with E-state index < -0.39 is 5.97 Å². The lowest BCUT2D eigenvalue weighted by molar-refractivity contribution is 0.0602. The van der Waals surface area contributed by atoms with Crippen molar-refractivity contribution >= 4 is 39.2 Å². The minimum Gasteiger partial charge on any atom is -0.465 e. The van der Waals surface area contributed by atoms with Crippen molar-refractivity contribution < 1.29 is 9.53 Å². The molecule has 4 nitrogen and oxygen atoms in total. The number of hydrogen-bond donors (Lipinski definition) is 0. The summed E-state index contributed by atoms with van der Waals surface area (Å²) in [6.45, 7) is 0. The Hall–Kier alpha value is -2.20. The highest BCUT2D eigenvalue weighted by atomic mass is 35.5. The third-order valence-electron chi connectivity index (χ3n) is 2.97. The molecule has 0 radical (unpaired) electrons. The standard InChI is InChI=1S/C14H9ClN2O2/c1-19-14(18)10-7-16-6-9-12(10)8-4-2-3-5-11(8)17-13(9)15/h2-7H,1H3. The highest BCUT2D eigenvalue weighted by molar-refractivity contribution is 6.36. The SMILES string of the molecule is COC(=O)c1cncc2c(Cl)nc3ccccc3c12. The van der Waals surface area contributed by atoms with E-state index in [2.05, 4.69) is 9.97 Å². The van der Waals surface area contributed by atoms with E-state index in [4.69, 9.17) is 16.3 Å². The monoisotopic (exact) mass is 272 g/mol. The number of benzene rings is 1. The van der Waals surface area contributed by atoms with Gasteiger partial charge in [-0.2, -0.15) is 0 Å². The van der Waals surface area contributed by atoms with Crippen LogP contribution in [0.4, 0.5) is 0 Å². The Morgan fingerprint density at radius 1 is 1.21 bits per heavy atom. The average Bonchev–Trinajstić information content (AvgIpc) is 2.46. The fourth-order valence-electron chi connectivity index (χ4n) is 2.12. The smallest absolute Gasteiger partial charge is 0.340 e. The van der Waals surface area contributed by atoms with E-state index in [0.29, 0.717) is 16.1 Å². The van der Waals surface area contributed by atoms with Crippen LogP contribution in [0.3, 0.4) is 0 Å². The first kappa shape index (κ1) is 11.9. The summed E-state index contributed by atoms with van der Waals surface area (Å²) in [5, 5.41) is 2.54. The molecule has 3 rings (SSSR count). The molecular formula is C14H9ClN2O2. The second-order valence-electron chi connectivity index (χ2n) is 4.02. The maximum atomic E-state index is 11.9. The van der Waals surface area contributed by atoms with Gasteiger partial charge in [-0.15, -0.1) is 0 Å². The van der Waals surface area contributed by atoms with Crippen molar-refractivity contribution in [2.45, 2.75) is 0 Å². The first-order valence-electron chi connectivity index (χ1n) is 5.62. The summed E-state index contributed by atoms with van der Waals surface area (Å²) in [6, 6.07) is 7.50. The number of carbonyl (C=O) groups excluding carboxylic acids is 1. The van der Waals surface area contributed by atoms with Crippen LogP contribution in [0.15, 0.2) is 36.7 Å². The van der Waals surface area contributed by atoms with Gasteiger partial charge < -0.3 is 4.74 Å². The summed E-state index contributed by atoms with van der Waals surface area (Å²) < 4.78 is 4.79.